The summed E-state index contributed by atoms with van der Waals surface area (Å²) in [6, 6.07) is 7.72. The molecule has 2 aromatic rings. The Morgan fingerprint density at radius 1 is 1.25 bits per heavy atom. The maximum Gasteiger partial charge on any atom is 0.341 e. The Morgan fingerprint density at radius 2 is 1.93 bits per heavy atom. The Balaban J connectivity index is 1.95. The molecular formula is C21H26N2O4S. The molecule has 0 saturated carbocycles. The van der Waals surface area contributed by atoms with Crippen molar-refractivity contribution < 1.29 is 19.1 Å². The highest BCUT2D eigenvalue weighted by atomic mass is 32.1. The molecular weight excluding hydrogens is 376 g/mol. The first-order valence-corrected chi connectivity index (χ1v) is 9.66. The van der Waals surface area contributed by atoms with Crippen LogP contribution in [0.25, 0.3) is 0 Å². The second-order valence-corrected chi connectivity index (χ2v) is 7.67. The molecule has 0 atom stereocenters. The number of carbonyl (C=O) groups is 2. The van der Waals surface area contributed by atoms with Crippen LogP contribution in [-0.2, 0) is 16.1 Å². The highest BCUT2D eigenvalue weighted by molar-refractivity contribution is 7.16. The van der Waals surface area contributed by atoms with Gasteiger partial charge in [-0.2, -0.15) is 0 Å². The normalized spacial score (nSPS) is 10.6. The van der Waals surface area contributed by atoms with Crippen LogP contribution in [0.2, 0.25) is 0 Å². The first-order chi connectivity index (χ1) is 13.3. The zero-order valence-corrected chi connectivity index (χ0v) is 17.5. The van der Waals surface area contributed by atoms with Gasteiger partial charge in [0, 0.05) is 11.4 Å². The van der Waals surface area contributed by atoms with Gasteiger partial charge in [-0.25, -0.2) is 4.79 Å². The summed E-state index contributed by atoms with van der Waals surface area (Å²) in [7, 11) is 3.20. The van der Waals surface area contributed by atoms with E-state index in [1.807, 2.05) is 50.1 Å². The average molecular weight is 403 g/mol. The minimum Gasteiger partial charge on any atom is -0.490 e. The third-order valence-corrected chi connectivity index (χ3v) is 5.31. The van der Waals surface area contributed by atoms with Crippen molar-refractivity contribution in [3.8, 4) is 5.75 Å². The van der Waals surface area contributed by atoms with Crippen molar-refractivity contribution in [2.24, 2.45) is 0 Å². The van der Waals surface area contributed by atoms with E-state index in [4.69, 9.17) is 9.47 Å². The summed E-state index contributed by atoms with van der Waals surface area (Å²) in [6.45, 7) is 8.66. The standard InChI is InChI=1S/C21H26N2O4S/c1-6-11-27-17-9-7-16(8-10-17)12-23(4)13-18(24)22-20-19(21(25)26-5)14(2)15(3)28-20/h6-10H,1,11-13H2,2-5H3,(H,22,24). The van der Waals surface area contributed by atoms with Crippen molar-refractivity contribution in [3.63, 3.8) is 0 Å². The Kier molecular flexibility index (Phi) is 7.78. The van der Waals surface area contributed by atoms with E-state index in [2.05, 4.69) is 11.9 Å². The Bertz CT molecular complexity index is 843. The lowest BCUT2D eigenvalue weighted by Crippen LogP contribution is -2.30. The van der Waals surface area contributed by atoms with Crippen LogP contribution in [0.3, 0.4) is 0 Å². The van der Waals surface area contributed by atoms with Gasteiger partial charge in [-0.3, -0.25) is 9.69 Å². The Morgan fingerprint density at radius 3 is 2.54 bits per heavy atom. The number of methoxy groups -OCH3 is 1. The number of nitrogens with zero attached hydrogens (tertiary/aromatic N) is 1. The summed E-state index contributed by atoms with van der Waals surface area (Å²) in [5.41, 5.74) is 2.33. The topological polar surface area (TPSA) is 67.9 Å². The molecule has 1 aromatic carbocycles. The number of likely N-dealkylation sites (N-methyl/N-ethyl adjacent to an activating group) is 1. The monoisotopic (exact) mass is 402 g/mol. The number of carbonyl (C=O) groups excluding carboxylic acids is 2. The summed E-state index contributed by atoms with van der Waals surface area (Å²) >= 11 is 1.38. The summed E-state index contributed by atoms with van der Waals surface area (Å²) in [5.74, 6) is 0.159. The van der Waals surface area contributed by atoms with Crippen molar-refractivity contribution in [2.75, 3.05) is 32.6 Å². The molecule has 1 aromatic heterocycles. The second kappa shape index (κ2) is 10.1. The molecule has 1 N–H and O–H groups in total. The first kappa shape index (κ1) is 21.7. The molecule has 1 heterocycles. The van der Waals surface area contributed by atoms with E-state index in [1.165, 1.54) is 18.4 Å². The number of aryl methyl sites for hydroxylation is 1. The van der Waals surface area contributed by atoms with Crippen LogP contribution < -0.4 is 10.1 Å². The molecule has 1 amide bonds. The molecule has 6 nitrogen and oxygen atoms in total. The molecule has 7 heteroatoms. The van der Waals surface area contributed by atoms with Crippen LogP contribution in [-0.4, -0.2) is 44.1 Å². The molecule has 28 heavy (non-hydrogen) atoms. The van der Waals surface area contributed by atoms with Gasteiger partial charge < -0.3 is 14.8 Å². The van der Waals surface area contributed by atoms with Gasteiger partial charge in [0.15, 0.2) is 0 Å². The minimum atomic E-state index is -0.440. The predicted molar refractivity (Wildman–Crippen MR) is 112 cm³/mol. The molecule has 0 aliphatic carbocycles. The summed E-state index contributed by atoms with van der Waals surface area (Å²) in [4.78, 5) is 27.3. The number of nitrogens with one attached hydrogen (secondary N) is 1. The quantitative estimate of drug-likeness (QED) is 0.511. The largest absolute Gasteiger partial charge is 0.490 e. The Hall–Kier alpha value is -2.64. The molecule has 0 saturated heterocycles. The lowest BCUT2D eigenvalue weighted by molar-refractivity contribution is -0.117. The zero-order valence-electron chi connectivity index (χ0n) is 16.7. The van der Waals surface area contributed by atoms with Crippen LogP contribution in [0.1, 0.15) is 26.4 Å². The molecule has 0 bridgehead atoms. The van der Waals surface area contributed by atoms with Gasteiger partial charge in [-0.15, -0.1) is 11.3 Å². The molecule has 0 spiro atoms. The average Bonchev–Trinajstić information content (AvgIpc) is 2.93. The maximum absolute atomic E-state index is 12.4. The van der Waals surface area contributed by atoms with Crippen LogP contribution in [0, 0.1) is 13.8 Å². The first-order valence-electron chi connectivity index (χ1n) is 8.85. The van der Waals surface area contributed by atoms with Gasteiger partial charge in [-0.1, -0.05) is 24.8 Å². The number of thiophene rings is 1. The van der Waals surface area contributed by atoms with E-state index in [0.717, 1.165) is 21.8 Å². The highest BCUT2D eigenvalue weighted by Gasteiger charge is 2.21. The van der Waals surface area contributed by atoms with E-state index >= 15 is 0 Å². The predicted octanol–water partition coefficient (Wildman–Crippen LogP) is 3.79. The van der Waals surface area contributed by atoms with Crippen molar-refractivity contribution in [2.45, 2.75) is 20.4 Å². The van der Waals surface area contributed by atoms with Crippen molar-refractivity contribution in [1.82, 2.24) is 4.90 Å². The van der Waals surface area contributed by atoms with Crippen LogP contribution >= 0.6 is 11.3 Å². The van der Waals surface area contributed by atoms with Crippen LogP contribution in [0.5, 0.6) is 5.75 Å². The van der Waals surface area contributed by atoms with E-state index < -0.39 is 5.97 Å². The van der Waals surface area contributed by atoms with Gasteiger partial charge in [0.1, 0.15) is 17.4 Å². The number of amides is 1. The molecule has 0 fully saturated rings. The van der Waals surface area contributed by atoms with E-state index in [-0.39, 0.29) is 12.5 Å². The number of benzene rings is 1. The second-order valence-electron chi connectivity index (χ2n) is 6.44. The minimum absolute atomic E-state index is 0.181. The fourth-order valence-electron chi connectivity index (χ4n) is 2.69. The van der Waals surface area contributed by atoms with Gasteiger partial charge in [0.2, 0.25) is 5.91 Å². The van der Waals surface area contributed by atoms with Gasteiger partial charge in [0.05, 0.1) is 19.2 Å². The van der Waals surface area contributed by atoms with E-state index in [0.29, 0.717) is 23.7 Å². The highest BCUT2D eigenvalue weighted by Crippen LogP contribution is 2.32. The summed E-state index contributed by atoms with van der Waals surface area (Å²) in [5, 5.41) is 3.38. The van der Waals surface area contributed by atoms with E-state index in [1.54, 1.807) is 6.08 Å². The summed E-state index contributed by atoms with van der Waals surface area (Å²) in [6.07, 6.45) is 1.70. The van der Waals surface area contributed by atoms with Gasteiger partial charge in [0.25, 0.3) is 0 Å². The van der Waals surface area contributed by atoms with Crippen molar-refractivity contribution in [3.05, 3.63) is 58.5 Å². The third-order valence-electron chi connectivity index (χ3n) is 4.18. The molecule has 0 aliphatic rings. The maximum atomic E-state index is 12.4. The molecule has 2 rings (SSSR count). The molecule has 0 radical (unpaired) electrons. The van der Waals surface area contributed by atoms with Gasteiger partial charge in [-0.05, 0) is 44.2 Å². The number of ether oxygens (including phenoxy) is 2. The molecule has 0 unspecified atom stereocenters. The third kappa shape index (κ3) is 5.68. The zero-order chi connectivity index (χ0) is 20.7. The molecule has 0 aliphatic heterocycles. The Labute approximate surface area is 169 Å². The lowest BCUT2D eigenvalue weighted by Gasteiger charge is -2.16. The fraction of sp³-hybridized carbons (Fsp3) is 0.333. The number of hydrogen-bond acceptors (Lipinski definition) is 6. The van der Waals surface area contributed by atoms with Gasteiger partial charge >= 0.3 is 5.97 Å². The fourth-order valence-corrected chi connectivity index (χ4v) is 3.75. The van der Waals surface area contributed by atoms with Crippen molar-refractivity contribution in [1.29, 1.82) is 0 Å². The lowest BCUT2D eigenvalue weighted by atomic mass is 10.1. The van der Waals surface area contributed by atoms with Crippen molar-refractivity contribution >= 4 is 28.2 Å². The summed E-state index contributed by atoms with van der Waals surface area (Å²) < 4.78 is 10.3. The SMILES string of the molecule is C=CCOc1ccc(CN(C)CC(=O)Nc2sc(C)c(C)c2C(=O)OC)cc1. The number of anilines is 1. The number of rotatable bonds is 9. The van der Waals surface area contributed by atoms with Crippen LogP contribution in [0.15, 0.2) is 36.9 Å². The molecule has 150 valence electrons. The smallest absolute Gasteiger partial charge is 0.341 e. The number of esters is 1. The van der Waals surface area contributed by atoms with E-state index in [9.17, 15) is 9.59 Å². The van der Waals surface area contributed by atoms with Crippen LogP contribution in [0.4, 0.5) is 5.00 Å². The number of hydrogen-bond donors (Lipinski definition) is 1.